The highest BCUT2D eigenvalue weighted by molar-refractivity contribution is 6.31. The molecule has 23 heavy (non-hydrogen) atoms. The van der Waals surface area contributed by atoms with Gasteiger partial charge in [0.05, 0.1) is 0 Å². The van der Waals surface area contributed by atoms with Crippen LogP contribution in [0.1, 0.15) is 6.92 Å². The Balaban J connectivity index is 1.68. The topological polar surface area (TPSA) is 84.6 Å². The summed E-state index contributed by atoms with van der Waals surface area (Å²) in [4.78, 5) is 16.3. The van der Waals surface area contributed by atoms with Crippen LogP contribution >= 0.6 is 11.6 Å². The first-order valence-corrected chi connectivity index (χ1v) is 7.22. The van der Waals surface area contributed by atoms with E-state index in [2.05, 4.69) is 10.3 Å². The summed E-state index contributed by atoms with van der Waals surface area (Å²) in [6.07, 6.45) is -0.766. The van der Waals surface area contributed by atoms with Crippen LogP contribution in [0, 0.1) is 0 Å². The van der Waals surface area contributed by atoms with Gasteiger partial charge in [0.15, 0.2) is 11.7 Å². The van der Waals surface area contributed by atoms with Crippen molar-refractivity contribution in [3.63, 3.8) is 0 Å². The molecule has 1 amide bonds. The van der Waals surface area contributed by atoms with Crippen LogP contribution in [0.4, 0.5) is 6.01 Å². The molecule has 1 heterocycles. The molecule has 3 aromatic rings. The van der Waals surface area contributed by atoms with Crippen LogP contribution in [0.15, 0.2) is 46.9 Å². The number of hydrogen-bond acceptors (Lipinski definition) is 5. The Bertz CT molecular complexity index is 845. The van der Waals surface area contributed by atoms with E-state index in [0.717, 1.165) is 0 Å². The van der Waals surface area contributed by atoms with E-state index >= 15 is 0 Å². The maximum Gasteiger partial charge on any atom is 0.302 e. The molecule has 0 aliphatic carbocycles. The number of carbonyl (C=O) groups excluding carboxylic acids is 1. The van der Waals surface area contributed by atoms with E-state index in [-0.39, 0.29) is 11.8 Å². The molecule has 0 saturated carbocycles. The fraction of sp³-hybridized carbons (Fsp3) is 0.125. The number of rotatable bonds is 4. The summed E-state index contributed by atoms with van der Waals surface area (Å²) in [5.41, 5.74) is 1.08. The Morgan fingerprint density at radius 1 is 1.30 bits per heavy atom. The van der Waals surface area contributed by atoms with Crippen molar-refractivity contribution in [2.45, 2.75) is 13.0 Å². The molecule has 0 fully saturated rings. The molecular weight excluding hydrogens is 320 g/mol. The summed E-state index contributed by atoms with van der Waals surface area (Å²) in [5.74, 6) is 0.185. The summed E-state index contributed by atoms with van der Waals surface area (Å²) in [6, 6.07) is 11.2. The zero-order valence-electron chi connectivity index (χ0n) is 12.1. The van der Waals surface area contributed by atoms with Gasteiger partial charge in [0.1, 0.15) is 17.0 Å². The lowest BCUT2D eigenvalue weighted by molar-refractivity contribution is -0.122. The minimum atomic E-state index is -0.766. The van der Waals surface area contributed by atoms with Crippen molar-refractivity contribution in [3.8, 4) is 11.5 Å². The summed E-state index contributed by atoms with van der Waals surface area (Å²) in [7, 11) is 0. The molecule has 118 valence electrons. The average Bonchev–Trinajstić information content (AvgIpc) is 2.90. The van der Waals surface area contributed by atoms with E-state index in [9.17, 15) is 9.90 Å². The molecule has 2 aromatic carbocycles. The molecule has 0 unspecified atom stereocenters. The number of nitrogens with zero attached hydrogens (tertiary/aromatic N) is 1. The van der Waals surface area contributed by atoms with Gasteiger partial charge in [-0.25, -0.2) is 0 Å². The molecule has 6 nitrogen and oxygen atoms in total. The Hall–Kier alpha value is -2.73. The number of amides is 1. The summed E-state index contributed by atoms with van der Waals surface area (Å²) < 4.78 is 10.9. The SMILES string of the molecule is C[C@@H](Oc1ccc(O)cc1)C(=O)Nc1nc2cc(Cl)ccc2o1. The van der Waals surface area contributed by atoms with Gasteiger partial charge >= 0.3 is 6.01 Å². The van der Waals surface area contributed by atoms with Gasteiger partial charge in [-0.05, 0) is 49.4 Å². The van der Waals surface area contributed by atoms with Crippen LogP contribution in [0.5, 0.6) is 11.5 Å². The van der Waals surface area contributed by atoms with Crippen LogP contribution in [0.2, 0.25) is 5.02 Å². The van der Waals surface area contributed by atoms with E-state index in [1.807, 2.05) is 0 Å². The van der Waals surface area contributed by atoms with E-state index in [0.29, 0.717) is 21.9 Å². The van der Waals surface area contributed by atoms with Crippen molar-refractivity contribution >= 4 is 34.6 Å². The zero-order chi connectivity index (χ0) is 16.4. The lowest BCUT2D eigenvalue weighted by atomic mass is 10.3. The maximum absolute atomic E-state index is 12.1. The van der Waals surface area contributed by atoms with E-state index in [1.165, 1.54) is 12.1 Å². The Labute approximate surface area is 136 Å². The van der Waals surface area contributed by atoms with Gasteiger partial charge in [-0.2, -0.15) is 4.98 Å². The second-order valence-electron chi connectivity index (χ2n) is 4.87. The molecule has 0 radical (unpaired) electrons. The van der Waals surface area contributed by atoms with Gasteiger partial charge in [-0.1, -0.05) is 11.6 Å². The Morgan fingerprint density at radius 3 is 2.78 bits per heavy atom. The average molecular weight is 333 g/mol. The zero-order valence-corrected chi connectivity index (χ0v) is 12.9. The lowest BCUT2D eigenvalue weighted by Crippen LogP contribution is -2.30. The van der Waals surface area contributed by atoms with Crippen molar-refractivity contribution < 1.29 is 19.1 Å². The van der Waals surface area contributed by atoms with Crippen LogP contribution < -0.4 is 10.1 Å². The standard InChI is InChI=1S/C16H13ClN2O4/c1-9(22-12-5-3-11(20)4-6-12)15(21)19-16-18-13-8-10(17)2-7-14(13)23-16/h2-9,20H,1H3,(H,18,19,21)/t9-/m1/s1. The van der Waals surface area contributed by atoms with Crippen molar-refractivity contribution in [2.75, 3.05) is 5.32 Å². The number of halogens is 1. The number of ether oxygens (including phenoxy) is 1. The smallest absolute Gasteiger partial charge is 0.302 e. The first kappa shape index (κ1) is 15.2. The van der Waals surface area contributed by atoms with Gasteiger partial charge < -0.3 is 14.3 Å². The number of hydrogen-bond donors (Lipinski definition) is 2. The molecule has 1 atom stereocenters. The van der Waals surface area contributed by atoms with Crippen molar-refractivity contribution in [1.29, 1.82) is 0 Å². The number of phenolic OH excluding ortho intramolecular Hbond substituents is 1. The van der Waals surface area contributed by atoms with Gasteiger partial charge in [0.25, 0.3) is 5.91 Å². The van der Waals surface area contributed by atoms with Crippen molar-refractivity contribution in [2.24, 2.45) is 0 Å². The van der Waals surface area contributed by atoms with Gasteiger partial charge in [-0.15, -0.1) is 0 Å². The van der Waals surface area contributed by atoms with E-state index in [4.69, 9.17) is 20.8 Å². The van der Waals surface area contributed by atoms with E-state index < -0.39 is 12.0 Å². The lowest BCUT2D eigenvalue weighted by Gasteiger charge is -2.13. The van der Waals surface area contributed by atoms with Crippen LogP contribution in [-0.2, 0) is 4.79 Å². The third-order valence-corrected chi connectivity index (χ3v) is 3.33. The van der Waals surface area contributed by atoms with Crippen LogP contribution in [-0.4, -0.2) is 22.1 Å². The van der Waals surface area contributed by atoms with Crippen LogP contribution in [0.3, 0.4) is 0 Å². The second-order valence-corrected chi connectivity index (χ2v) is 5.31. The van der Waals surface area contributed by atoms with Gasteiger partial charge in [0.2, 0.25) is 0 Å². The Morgan fingerprint density at radius 2 is 2.04 bits per heavy atom. The number of oxazole rings is 1. The second kappa shape index (κ2) is 6.18. The molecule has 2 N–H and O–H groups in total. The number of benzene rings is 2. The normalized spacial score (nSPS) is 12.1. The molecule has 0 aliphatic heterocycles. The predicted molar refractivity (Wildman–Crippen MR) is 85.8 cm³/mol. The third kappa shape index (κ3) is 3.54. The monoisotopic (exact) mass is 332 g/mol. The number of aromatic hydroxyl groups is 1. The fourth-order valence-corrected chi connectivity index (χ4v) is 2.11. The van der Waals surface area contributed by atoms with E-state index in [1.54, 1.807) is 37.3 Å². The van der Waals surface area contributed by atoms with Crippen molar-refractivity contribution in [3.05, 3.63) is 47.5 Å². The summed E-state index contributed by atoms with van der Waals surface area (Å²) in [5, 5.41) is 12.3. The quantitative estimate of drug-likeness (QED) is 0.762. The number of fused-ring (bicyclic) bond motifs is 1. The van der Waals surface area contributed by atoms with Gasteiger partial charge in [0, 0.05) is 5.02 Å². The summed E-state index contributed by atoms with van der Waals surface area (Å²) in [6.45, 7) is 1.60. The van der Waals surface area contributed by atoms with Gasteiger partial charge in [-0.3, -0.25) is 10.1 Å². The third-order valence-electron chi connectivity index (χ3n) is 3.10. The first-order valence-electron chi connectivity index (χ1n) is 6.84. The highest BCUT2D eigenvalue weighted by Crippen LogP contribution is 2.23. The molecule has 7 heteroatoms. The maximum atomic E-state index is 12.1. The largest absolute Gasteiger partial charge is 0.508 e. The molecule has 0 aliphatic rings. The van der Waals surface area contributed by atoms with Crippen LogP contribution in [0.25, 0.3) is 11.1 Å². The number of anilines is 1. The minimum absolute atomic E-state index is 0.0772. The fourth-order valence-electron chi connectivity index (χ4n) is 1.94. The number of carbonyl (C=O) groups is 1. The molecule has 0 saturated heterocycles. The number of aromatic nitrogens is 1. The molecule has 0 spiro atoms. The first-order chi connectivity index (χ1) is 11.0. The highest BCUT2D eigenvalue weighted by atomic mass is 35.5. The molecule has 3 rings (SSSR count). The number of phenols is 1. The molecule has 1 aromatic heterocycles. The molecule has 0 bridgehead atoms. The molecular formula is C16H13ClN2O4. The Kier molecular flexibility index (Phi) is 4.08. The predicted octanol–water partition coefficient (Wildman–Crippen LogP) is 3.59. The van der Waals surface area contributed by atoms with Crippen molar-refractivity contribution in [1.82, 2.24) is 4.98 Å². The number of nitrogens with one attached hydrogen (secondary N) is 1. The highest BCUT2D eigenvalue weighted by Gasteiger charge is 2.17. The minimum Gasteiger partial charge on any atom is -0.508 e. The summed E-state index contributed by atoms with van der Waals surface area (Å²) >= 11 is 5.88.